The van der Waals surface area contributed by atoms with E-state index in [2.05, 4.69) is 109 Å². The molecule has 50 heavy (non-hydrogen) atoms. The Balaban J connectivity index is 1.31. The molecular weight excluding hydrogens is 599 g/mol. The summed E-state index contributed by atoms with van der Waals surface area (Å²) in [5, 5.41) is 6.81. The quantitative estimate of drug-likeness (QED) is 0.161. The second kappa shape index (κ2) is 11.8. The third-order valence-corrected chi connectivity index (χ3v) is 9.95. The summed E-state index contributed by atoms with van der Waals surface area (Å²) in [6.07, 6.45) is 0. The lowest BCUT2D eigenvalue weighted by Gasteiger charge is -2.21. The molecule has 0 spiro atoms. The van der Waals surface area contributed by atoms with Crippen molar-refractivity contribution >= 4 is 110 Å². The largest absolute Gasteiger partial charge is 0.456 e. The molecule has 220 valence electrons. The maximum absolute atomic E-state index is 6.49. The molecule has 6 heteroatoms. The molecule has 8 aromatic carbocycles. The van der Waals surface area contributed by atoms with Gasteiger partial charge in [-0.05, 0) is 90.3 Å². The summed E-state index contributed by atoms with van der Waals surface area (Å²) in [5.41, 5.74) is 10.9. The van der Waals surface area contributed by atoms with Gasteiger partial charge < -0.3 is 4.42 Å². The van der Waals surface area contributed by atoms with Gasteiger partial charge in [-0.15, -0.1) is 16.4 Å². The minimum absolute atomic E-state index is 0.188. The number of hydrogen-bond donors (Lipinski definition) is 0. The maximum Gasteiger partial charge on any atom is 0.136 e. The van der Waals surface area contributed by atoms with E-state index in [9.17, 15) is 0 Å². The normalized spacial score (nSPS) is 11.6. The van der Waals surface area contributed by atoms with Crippen molar-refractivity contribution in [3.63, 3.8) is 0 Å². The molecule has 0 unspecified atom stereocenters. The van der Waals surface area contributed by atoms with Crippen molar-refractivity contribution in [2.45, 2.75) is 0 Å². The molecule has 1 nitrogen and oxygen atoms in total. The molecule has 9 aromatic rings. The Labute approximate surface area is 297 Å². The van der Waals surface area contributed by atoms with Gasteiger partial charge in [0.25, 0.3) is 0 Å². The van der Waals surface area contributed by atoms with Crippen molar-refractivity contribution < 1.29 is 4.42 Å². The Kier molecular flexibility index (Phi) is 7.18. The van der Waals surface area contributed by atoms with Gasteiger partial charge in [-0.1, -0.05) is 126 Å². The third-order valence-electron chi connectivity index (χ3n) is 9.95. The van der Waals surface area contributed by atoms with Crippen molar-refractivity contribution in [2.24, 2.45) is 0 Å². The lowest BCUT2D eigenvalue weighted by Crippen LogP contribution is -2.55. The number of furan rings is 1. The maximum atomic E-state index is 6.49. The van der Waals surface area contributed by atoms with E-state index < -0.39 is 0 Å². The van der Waals surface area contributed by atoms with E-state index in [1.54, 1.807) is 0 Å². The van der Waals surface area contributed by atoms with Crippen LogP contribution in [-0.4, -0.2) is 39.2 Å². The van der Waals surface area contributed by atoms with Crippen LogP contribution in [0, 0.1) is 0 Å². The van der Waals surface area contributed by atoms with E-state index in [1.165, 1.54) is 43.8 Å². The van der Waals surface area contributed by atoms with Gasteiger partial charge in [0.05, 0.1) is 0 Å². The summed E-state index contributed by atoms with van der Waals surface area (Å²) in [7, 11) is 31.3. The van der Waals surface area contributed by atoms with Crippen molar-refractivity contribution in [3.8, 4) is 44.5 Å². The second-order valence-electron chi connectivity index (χ2n) is 12.7. The van der Waals surface area contributed by atoms with E-state index in [-0.39, 0.29) is 27.3 Å². The highest BCUT2D eigenvalue weighted by molar-refractivity contribution is 6.68. The van der Waals surface area contributed by atoms with Gasteiger partial charge in [0.2, 0.25) is 0 Å². The highest BCUT2D eigenvalue weighted by Gasteiger charge is 2.20. The highest BCUT2D eigenvalue weighted by atomic mass is 16.3. The zero-order valence-corrected chi connectivity index (χ0v) is 27.1. The summed E-state index contributed by atoms with van der Waals surface area (Å²) in [6.45, 7) is 0. The fraction of sp³-hybridized carbons (Fsp3) is 0. The predicted octanol–water partition coefficient (Wildman–Crippen LogP) is 6.53. The zero-order valence-electron chi connectivity index (χ0n) is 27.1. The van der Waals surface area contributed by atoms with Crippen molar-refractivity contribution in [1.82, 2.24) is 0 Å². The number of benzene rings is 8. The average Bonchev–Trinajstić information content (AvgIpc) is 3.54. The minimum Gasteiger partial charge on any atom is -0.456 e. The summed E-state index contributed by atoms with van der Waals surface area (Å²) in [4.78, 5) is 0. The Bertz CT molecular complexity index is 2780. The van der Waals surface area contributed by atoms with E-state index in [0.717, 1.165) is 33.0 Å². The fourth-order valence-electron chi connectivity index (χ4n) is 7.56. The van der Waals surface area contributed by atoms with Gasteiger partial charge in [-0.2, -0.15) is 0 Å². The Morgan fingerprint density at radius 3 is 1.48 bits per heavy atom. The van der Waals surface area contributed by atoms with Gasteiger partial charge in [-0.25, -0.2) is 0 Å². The molecule has 1 aromatic heterocycles. The van der Waals surface area contributed by atoms with E-state index >= 15 is 0 Å². The van der Waals surface area contributed by atoms with Crippen LogP contribution < -0.4 is 27.3 Å². The van der Waals surface area contributed by atoms with E-state index in [1.807, 2.05) is 30.3 Å². The van der Waals surface area contributed by atoms with Crippen LogP contribution in [0.5, 0.6) is 0 Å². The SMILES string of the molecule is [B]c1c([B])c([B])c(-c2ccc3c(c2)oc2cccc(-c4ccc5c(-c6ccccc6)c6ccccc6c(-c6ccccc6)c5c4)c23)c([B])c1[B]. The standard InChI is InChI=1S/C44H23B5O/c45-40-38(41(46)43(48)44(49)42(40)47)27-19-21-32-35(23-27)50-34-17-9-16-28(39(32)34)26-18-20-31-33(22-26)37(25-12-5-2-6-13-25)30-15-8-7-14-29(30)36(31)24-10-3-1-4-11-24/h1-23H. The monoisotopic (exact) mass is 622 g/mol. The molecule has 0 aliphatic carbocycles. The van der Waals surface area contributed by atoms with Gasteiger partial charge in [0.15, 0.2) is 0 Å². The topological polar surface area (TPSA) is 13.1 Å². The van der Waals surface area contributed by atoms with Gasteiger partial charge in [0.1, 0.15) is 50.4 Å². The second-order valence-corrected chi connectivity index (χ2v) is 12.7. The summed E-state index contributed by atoms with van der Waals surface area (Å²) in [6, 6.07) is 49.0. The number of rotatable bonds is 4. The molecule has 0 saturated carbocycles. The summed E-state index contributed by atoms with van der Waals surface area (Å²) in [5.74, 6) is 0. The molecule has 9 rings (SSSR count). The lowest BCUT2D eigenvalue weighted by molar-refractivity contribution is 0.669. The van der Waals surface area contributed by atoms with Crippen molar-refractivity contribution in [1.29, 1.82) is 0 Å². The van der Waals surface area contributed by atoms with Crippen LogP contribution >= 0.6 is 0 Å². The molecule has 0 aliphatic rings. The lowest BCUT2D eigenvalue weighted by atomic mass is 9.59. The van der Waals surface area contributed by atoms with E-state index in [4.69, 9.17) is 43.6 Å². The van der Waals surface area contributed by atoms with Gasteiger partial charge in [0, 0.05) is 10.8 Å². The highest BCUT2D eigenvalue weighted by Crippen LogP contribution is 2.46. The van der Waals surface area contributed by atoms with Crippen molar-refractivity contribution in [2.75, 3.05) is 0 Å². The van der Waals surface area contributed by atoms with E-state index in [0.29, 0.717) is 11.1 Å². The van der Waals surface area contributed by atoms with Crippen LogP contribution in [0.3, 0.4) is 0 Å². The molecule has 0 N–H and O–H groups in total. The molecule has 0 amide bonds. The van der Waals surface area contributed by atoms with Crippen LogP contribution in [0.25, 0.3) is 88.0 Å². The first-order chi connectivity index (χ1) is 24.4. The van der Waals surface area contributed by atoms with Crippen LogP contribution in [-0.2, 0) is 0 Å². The van der Waals surface area contributed by atoms with Gasteiger partial charge >= 0.3 is 0 Å². The fourth-order valence-corrected chi connectivity index (χ4v) is 7.56. The van der Waals surface area contributed by atoms with Crippen LogP contribution in [0.4, 0.5) is 0 Å². The average molecular weight is 622 g/mol. The molecule has 0 aliphatic heterocycles. The summed E-state index contributed by atoms with van der Waals surface area (Å²) >= 11 is 0. The molecule has 0 atom stereocenters. The molecule has 10 radical (unpaired) electrons. The molecule has 0 fully saturated rings. The zero-order chi connectivity index (χ0) is 34.1. The summed E-state index contributed by atoms with van der Waals surface area (Å²) < 4.78 is 6.49. The number of fused-ring (bicyclic) bond motifs is 5. The Morgan fingerprint density at radius 2 is 0.840 bits per heavy atom. The molecule has 1 heterocycles. The molecule has 0 saturated heterocycles. The van der Waals surface area contributed by atoms with Crippen LogP contribution in [0.1, 0.15) is 0 Å². The predicted molar refractivity (Wildman–Crippen MR) is 217 cm³/mol. The minimum atomic E-state index is 0.188. The molecule has 0 bridgehead atoms. The first-order valence-electron chi connectivity index (χ1n) is 16.5. The van der Waals surface area contributed by atoms with Crippen LogP contribution in [0.15, 0.2) is 144 Å². The smallest absolute Gasteiger partial charge is 0.136 e. The van der Waals surface area contributed by atoms with Crippen molar-refractivity contribution in [3.05, 3.63) is 140 Å². The number of hydrogen-bond acceptors (Lipinski definition) is 1. The first kappa shape index (κ1) is 30.5. The molecular formula is C44H23B5O. The van der Waals surface area contributed by atoms with Crippen LogP contribution in [0.2, 0.25) is 0 Å². The van der Waals surface area contributed by atoms with Gasteiger partial charge in [-0.3, -0.25) is 0 Å². The Hall–Kier alpha value is -5.60. The Morgan fingerprint density at radius 1 is 0.320 bits per heavy atom. The first-order valence-corrected chi connectivity index (χ1v) is 16.5. The third kappa shape index (κ3) is 4.62.